The molecular weight excluding hydrogens is 336 g/mol. The van der Waals surface area contributed by atoms with Gasteiger partial charge in [0.15, 0.2) is 0 Å². The van der Waals surface area contributed by atoms with Crippen molar-refractivity contribution in [2.45, 2.75) is 23.9 Å². The molecule has 3 heterocycles. The number of aromatic nitrogens is 1. The van der Waals surface area contributed by atoms with Gasteiger partial charge in [-0.15, -0.1) is 11.8 Å². The standard InChI is InChI=1S/C19H20N2O3S/c22-16-5-1-4-15(7-16)18(23)21-12-19(13-21)8-17(11-25-19)24-10-14-3-2-6-20-9-14/h1-7,9,17,22H,8,10-13H2. The minimum Gasteiger partial charge on any atom is -0.508 e. The van der Waals surface area contributed by atoms with Crippen LogP contribution in [-0.4, -0.2) is 50.6 Å². The Balaban J connectivity index is 1.29. The Kier molecular flexibility index (Phi) is 4.39. The molecule has 1 aromatic heterocycles. The fraction of sp³-hybridized carbons (Fsp3) is 0.368. The third kappa shape index (κ3) is 3.50. The van der Waals surface area contributed by atoms with Crippen molar-refractivity contribution >= 4 is 17.7 Å². The number of phenolic OH excluding ortho intramolecular Hbond substituents is 1. The van der Waals surface area contributed by atoms with Crippen LogP contribution in [0.1, 0.15) is 22.3 Å². The van der Waals surface area contributed by atoms with E-state index in [1.165, 1.54) is 6.07 Å². The fourth-order valence-corrected chi connectivity index (χ4v) is 4.99. The van der Waals surface area contributed by atoms with Gasteiger partial charge < -0.3 is 14.7 Å². The first-order chi connectivity index (χ1) is 12.1. The second-order valence-electron chi connectivity index (χ2n) is 6.70. The zero-order valence-corrected chi connectivity index (χ0v) is 14.6. The lowest BCUT2D eigenvalue weighted by Crippen LogP contribution is -2.60. The summed E-state index contributed by atoms with van der Waals surface area (Å²) in [6.07, 6.45) is 4.79. The summed E-state index contributed by atoms with van der Waals surface area (Å²) in [5, 5.41) is 9.53. The van der Waals surface area contributed by atoms with Gasteiger partial charge in [0.1, 0.15) is 5.75 Å². The summed E-state index contributed by atoms with van der Waals surface area (Å²) in [6.45, 7) is 2.08. The van der Waals surface area contributed by atoms with Gasteiger partial charge in [0, 0.05) is 36.8 Å². The van der Waals surface area contributed by atoms with Crippen LogP contribution in [-0.2, 0) is 11.3 Å². The van der Waals surface area contributed by atoms with Crippen molar-refractivity contribution in [3.63, 3.8) is 0 Å². The number of phenols is 1. The van der Waals surface area contributed by atoms with E-state index in [1.54, 1.807) is 24.4 Å². The van der Waals surface area contributed by atoms with Gasteiger partial charge in [-0.2, -0.15) is 0 Å². The lowest BCUT2D eigenvalue weighted by atomic mass is 9.92. The van der Waals surface area contributed by atoms with Crippen LogP contribution >= 0.6 is 11.8 Å². The van der Waals surface area contributed by atoms with E-state index in [4.69, 9.17) is 4.74 Å². The molecule has 25 heavy (non-hydrogen) atoms. The molecule has 0 radical (unpaired) electrons. The highest BCUT2D eigenvalue weighted by molar-refractivity contribution is 8.01. The molecule has 1 spiro atoms. The number of amides is 1. The fourth-order valence-electron chi connectivity index (χ4n) is 3.44. The quantitative estimate of drug-likeness (QED) is 0.913. The van der Waals surface area contributed by atoms with Crippen molar-refractivity contribution in [3.8, 4) is 5.75 Å². The lowest BCUT2D eigenvalue weighted by molar-refractivity contribution is 0.0254. The van der Waals surface area contributed by atoms with E-state index in [0.29, 0.717) is 12.2 Å². The van der Waals surface area contributed by atoms with Crippen LogP contribution in [0.25, 0.3) is 0 Å². The van der Waals surface area contributed by atoms with Crippen molar-refractivity contribution in [1.29, 1.82) is 0 Å². The number of ether oxygens (including phenoxy) is 1. The van der Waals surface area contributed by atoms with Crippen molar-refractivity contribution in [3.05, 3.63) is 59.9 Å². The lowest BCUT2D eigenvalue weighted by Gasteiger charge is -2.47. The molecule has 4 rings (SSSR count). The van der Waals surface area contributed by atoms with E-state index in [9.17, 15) is 9.90 Å². The topological polar surface area (TPSA) is 62.7 Å². The van der Waals surface area contributed by atoms with Crippen molar-refractivity contribution in [2.75, 3.05) is 18.8 Å². The second kappa shape index (κ2) is 6.69. The molecular formula is C19H20N2O3S. The molecule has 2 fully saturated rings. The summed E-state index contributed by atoms with van der Waals surface area (Å²) in [5.41, 5.74) is 1.63. The van der Waals surface area contributed by atoms with E-state index < -0.39 is 0 Å². The van der Waals surface area contributed by atoms with Gasteiger partial charge in [-0.05, 0) is 36.2 Å². The zero-order chi connectivity index (χ0) is 17.3. The maximum absolute atomic E-state index is 12.5. The summed E-state index contributed by atoms with van der Waals surface area (Å²) in [4.78, 5) is 18.4. The number of carbonyl (C=O) groups excluding carboxylic acids is 1. The summed E-state index contributed by atoms with van der Waals surface area (Å²) >= 11 is 1.91. The molecule has 5 nitrogen and oxygen atoms in total. The first-order valence-electron chi connectivity index (χ1n) is 8.36. The van der Waals surface area contributed by atoms with Gasteiger partial charge in [-0.1, -0.05) is 12.1 Å². The molecule has 6 heteroatoms. The Hall–Kier alpha value is -2.05. The highest BCUT2D eigenvalue weighted by Crippen LogP contribution is 2.46. The number of aromatic hydroxyl groups is 1. The number of likely N-dealkylation sites (tertiary alicyclic amines) is 1. The molecule has 0 saturated carbocycles. The Morgan fingerprint density at radius 3 is 3.00 bits per heavy atom. The van der Waals surface area contributed by atoms with E-state index >= 15 is 0 Å². The Bertz CT molecular complexity index is 762. The van der Waals surface area contributed by atoms with Gasteiger partial charge >= 0.3 is 0 Å². The number of hydrogen-bond donors (Lipinski definition) is 1. The van der Waals surface area contributed by atoms with Crippen LogP contribution in [0.4, 0.5) is 0 Å². The first-order valence-corrected chi connectivity index (χ1v) is 9.35. The smallest absolute Gasteiger partial charge is 0.254 e. The summed E-state index contributed by atoms with van der Waals surface area (Å²) in [7, 11) is 0. The summed E-state index contributed by atoms with van der Waals surface area (Å²) in [5.74, 6) is 1.08. The van der Waals surface area contributed by atoms with Crippen molar-refractivity contribution < 1.29 is 14.6 Å². The maximum Gasteiger partial charge on any atom is 0.254 e. The van der Waals surface area contributed by atoms with Crippen LogP contribution in [0.2, 0.25) is 0 Å². The molecule has 2 aromatic rings. The molecule has 130 valence electrons. The number of thioether (sulfide) groups is 1. The minimum atomic E-state index is -0.0122. The highest BCUT2D eigenvalue weighted by Gasteiger charge is 2.51. The van der Waals surface area contributed by atoms with Gasteiger partial charge in [0.25, 0.3) is 5.91 Å². The summed E-state index contributed by atoms with van der Waals surface area (Å²) < 4.78 is 6.15. The van der Waals surface area contributed by atoms with E-state index in [2.05, 4.69) is 4.98 Å². The molecule has 0 bridgehead atoms. The largest absolute Gasteiger partial charge is 0.508 e. The van der Waals surface area contributed by atoms with E-state index in [-0.39, 0.29) is 22.5 Å². The average Bonchev–Trinajstić information content (AvgIpc) is 3.04. The number of carbonyl (C=O) groups is 1. The van der Waals surface area contributed by atoms with Crippen LogP contribution in [0.3, 0.4) is 0 Å². The minimum absolute atomic E-state index is 0.0122. The zero-order valence-electron chi connectivity index (χ0n) is 13.8. The Morgan fingerprint density at radius 2 is 2.24 bits per heavy atom. The summed E-state index contributed by atoms with van der Waals surface area (Å²) in [6, 6.07) is 10.5. The van der Waals surface area contributed by atoms with Crippen LogP contribution in [0.5, 0.6) is 5.75 Å². The molecule has 1 aromatic carbocycles. The van der Waals surface area contributed by atoms with Crippen LogP contribution < -0.4 is 0 Å². The number of pyridine rings is 1. The first kappa shape index (κ1) is 16.4. The van der Waals surface area contributed by atoms with Crippen molar-refractivity contribution in [1.82, 2.24) is 9.88 Å². The molecule has 1 unspecified atom stereocenters. The third-order valence-corrected chi connectivity index (χ3v) is 6.30. The van der Waals surface area contributed by atoms with Gasteiger partial charge in [0.05, 0.1) is 17.5 Å². The number of benzene rings is 1. The van der Waals surface area contributed by atoms with Gasteiger partial charge in [-0.3, -0.25) is 9.78 Å². The van der Waals surface area contributed by atoms with E-state index in [0.717, 1.165) is 30.8 Å². The molecule has 1 amide bonds. The van der Waals surface area contributed by atoms with Crippen molar-refractivity contribution in [2.24, 2.45) is 0 Å². The predicted octanol–water partition coefficient (Wildman–Crippen LogP) is 2.70. The molecule has 1 N–H and O–H groups in total. The SMILES string of the molecule is O=C(c1cccc(O)c1)N1CC2(CC(OCc3cccnc3)CS2)C1. The molecule has 2 saturated heterocycles. The Morgan fingerprint density at radius 1 is 1.36 bits per heavy atom. The van der Waals surface area contributed by atoms with E-state index in [1.807, 2.05) is 35.0 Å². The maximum atomic E-state index is 12.5. The van der Waals surface area contributed by atoms with Crippen LogP contribution in [0.15, 0.2) is 48.8 Å². The monoisotopic (exact) mass is 356 g/mol. The molecule has 2 aliphatic heterocycles. The average molecular weight is 356 g/mol. The molecule has 0 aliphatic carbocycles. The predicted molar refractivity (Wildman–Crippen MR) is 96.6 cm³/mol. The molecule has 1 atom stereocenters. The highest BCUT2D eigenvalue weighted by atomic mass is 32.2. The van der Waals surface area contributed by atoms with Crippen LogP contribution in [0, 0.1) is 0 Å². The third-order valence-electron chi connectivity index (χ3n) is 4.72. The number of nitrogens with zero attached hydrogens (tertiary/aromatic N) is 2. The normalized spacial score (nSPS) is 21.3. The van der Waals surface area contributed by atoms with Gasteiger partial charge in [0.2, 0.25) is 0 Å². The number of rotatable bonds is 4. The molecule has 2 aliphatic rings. The second-order valence-corrected chi connectivity index (χ2v) is 8.19. The number of hydrogen-bond acceptors (Lipinski definition) is 5. The van der Waals surface area contributed by atoms with Gasteiger partial charge in [-0.25, -0.2) is 0 Å². The Labute approximate surface area is 151 Å².